The molecule has 1 N–H and O–H groups in total. The van der Waals surface area contributed by atoms with E-state index in [1.54, 1.807) is 22.7 Å². The zero-order chi connectivity index (χ0) is 13.9. The number of nitrogens with one attached hydrogen (secondary N) is 1. The van der Waals surface area contributed by atoms with Crippen LogP contribution in [0.1, 0.15) is 17.8 Å². The summed E-state index contributed by atoms with van der Waals surface area (Å²) in [6, 6.07) is 17.3. The Labute approximate surface area is 135 Å². The van der Waals surface area contributed by atoms with Gasteiger partial charge in [-0.3, -0.25) is 0 Å². The largest absolute Gasteiger partial charge is 0.377 e. The SMILES string of the molecule is CC(Nc1ccccc1-c1cccs1)c1ccc(Br)s1. The first kappa shape index (κ1) is 13.9. The summed E-state index contributed by atoms with van der Waals surface area (Å²) in [5.74, 6) is 0. The summed E-state index contributed by atoms with van der Waals surface area (Å²) >= 11 is 7.07. The van der Waals surface area contributed by atoms with Gasteiger partial charge >= 0.3 is 0 Å². The van der Waals surface area contributed by atoms with Crippen molar-refractivity contribution in [3.63, 3.8) is 0 Å². The number of hydrogen-bond donors (Lipinski definition) is 1. The van der Waals surface area contributed by atoms with Crippen LogP contribution in [0.5, 0.6) is 0 Å². The third-order valence-corrected chi connectivity index (χ3v) is 5.82. The number of halogens is 1. The van der Waals surface area contributed by atoms with Gasteiger partial charge in [-0.25, -0.2) is 0 Å². The molecule has 0 aliphatic heterocycles. The highest BCUT2D eigenvalue weighted by Gasteiger charge is 2.11. The molecule has 4 heteroatoms. The van der Waals surface area contributed by atoms with E-state index in [-0.39, 0.29) is 0 Å². The van der Waals surface area contributed by atoms with Crippen molar-refractivity contribution in [3.05, 3.63) is 62.6 Å². The van der Waals surface area contributed by atoms with Crippen molar-refractivity contribution in [2.75, 3.05) is 5.32 Å². The predicted molar refractivity (Wildman–Crippen MR) is 93.8 cm³/mol. The fraction of sp³-hybridized carbons (Fsp3) is 0.125. The lowest BCUT2D eigenvalue weighted by atomic mass is 10.1. The maximum Gasteiger partial charge on any atom is 0.0702 e. The molecule has 2 heterocycles. The lowest BCUT2D eigenvalue weighted by Gasteiger charge is -2.16. The van der Waals surface area contributed by atoms with Gasteiger partial charge in [-0.15, -0.1) is 22.7 Å². The van der Waals surface area contributed by atoms with Gasteiger partial charge in [0.1, 0.15) is 0 Å². The summed E-state index contributed by atoms with van der Waals surface area (Å²) in [5, 5.41) is 5.74. The van der Waals surface area contributed by atoms with Gasteiger partial charge < -0.3 is 5.32 Å². The molecule has 0 saturated heterocycles. The fourth-order valence-corrected chi connectivity index (χ4v) is 4.31. The summed E-state index contributed by atoms with van der Waals surface area (Å²) in [6.45, 7) is 2.20. The second-order valence-electron chi connectivity index (χ2n) is 4.53. The van der Waals surface area contributed by atoms with Crippen LogP contribution in [0.3, 0.4) is 0 Å². The number of rotatable bonds is 4. The molecule has 0 saturated carbocycles. The van der Waals surface area contributed by atoms with E-state index < -0.39 is 0 Å². The Bertz CT molecular complexity index is 688. The van der Waals surface area contributed by atoms with Gasteiger partial charge in [0.2, 0.25) is 0 Å². The van der Waals surface area contributed by atoms with Crippen LogP contribution in [0.25, 0.3) is 10.4 Å². The molecule has 3 aromatic rings. The Balaban J connectivity index is 1.88. The highest BCUT2D eigenvalue weighted by Crippen LogP contribution is 2.35. The summed E-state index contributed by atoms with van der Waals surface area (Å²) < 4.78 is 1.17. The van der Waals surface area contributed by atoms with Crippen LogP contribution in [-0.2, 0) is 0 Å². The van der Waals surface area contributed by atoms with Gasteiger partial charge in [-0.1, -0.05) is 24.3 Å². The van der Waals surface area contributed by atoms with Gasteiger partial charge in [0.15, 0.2) is 0 Å². The standard InChI is InChI=1S/C16H14BrNS2/c1-11(14-8-9-16(17)20-14)18-13-6-3-2-5-12(13)15-7-4-10-19-15/h2-11,18H,1H3. The lowest BCUT2D eigenvalue weighted by Crippen LogP contribution is -2.05. The fourth-order valence-electron chi connectivity index (χ4n) is 2.12. The molecule has 1 nitrogen and oxygen atoms in total. The second-order valence-corrected chi connectivity index (χ2v) is 7.97. The monoisotopic (exact) mass is 363 g/mol. The van der Waals surface area contributed by atoms with Gasteiger partial charge in [-0.2, -0.15) is 0 Å². The number of para-hydroxylation sites is 1. The number of hydrogen-bond acceptors (Lipinski definition) is 3. The molecular weight excluding hydrogens is 350 g/mol. The first-order valence-corrected chi connectivity index (χ1v) is 8.87. The molecule has 0 amide bonds. The molecule has 0 spiro atoms. The van der Waals surface area contributed by atoms with E-state index in [1.807, 2.05) is 0 Å². The van der Waals surface area contributed by atoms with Crippen molar-refractivity contribution < 1.29 is 0 Å². The third-order valence-electron chi connectivity index (χ3n) is 3.11. The summed E-state index contributed by atoms with van der Waals surface area (Å²) in [7, 11) is 0. The molecule has 0 aliphatic carbocycles. The Hall–Kier alpha value is -1.10. The van der Waals surface area contributed by atoms with E-state index in [0.29, 0.717) is 6.04 Å². The van der Waals surface area contributed by atoms with E-state index in [1.165, 1.54) is 24.8 Å². The molecule has 1 unspecified atom stereocenters. The van der Waals surface area contributed by atoms with Crippen LogP contribution in [0.2, 0.25) is 0 Å². The maximum atomic E-state index is 3.62. The quantitative estimate of drug-likeness (QED) is 0.564. The smallest absolute Gasteiger partial charge is 0.0702 e. The van der Waals surface area contributed by atoms with Crippen molar-refractivity contribution in [2.45, 2.75) is 13.0 Å². The average molecular weight is 364 g/mol. The Morgan fingerprint density at radius 3 is 2.60 bits per heavy atom. The van der Waals surface area contributed by atoms with Crippen molar-refractivity contribution in [1.29, 1.82) is 0 Å². The molecule has 0 fully saturated rings. The first-order chi connectivity index (χ1) is 9.74. The first-order valence-electron chi connectivity index (χ1n) is 6.39. The van der Waals surface area contributed by atoms with Crippen molar-refractivity contribution in [1.82, 2.24) is 0 Å². The molecule has 3 rings (SSSR count). The van der Waals surface area contributed by atoms with Gasteiger partial charge in [0.25, 0.3) is 0 Å². The van der Waals surface area contributed by atoms with Crippen LogP contribution >= 0.6 is 38.6 Å². The average Bonchev–Trinajstić information content (AvgIpc) is 3.10. The van der Waals surface area contributed by atoms with Crippen molar-refractivity contribution >= 4 is 44.3 Å². The minimum Gasteiger partial charge on any atom is -0.377 e. The van der Waals surface area contributed by atoms with Crippen LogP contribution in [0.15, 0.2) is 57.7 Å². The van der Waals surface area contributed by atoms with Gasteiger partial charge in [0, 0.05) is 21.0 Å². The number of benzene rings is 1. The lowest BCUT2D eigenvalue weighted by molar-refractivity contribution is 0.909. The Morgan fingerprint density at radius 2 is 1.90 bits per heavy atom. The normalized spacial score (nSPS) is 12.3. The third kappa shape index (κ3) is 2.97. The summed E-state index contributed by atoms with van der Waals surface area (Å²) in [6.07, 6.45) is 0. The van der Waals surface area contributed by atoms with Gasteiger partial charge in [-0.05, 0) is 52.5 Å². The van der Waals surface area contributed by atoms with Crippen LogP contribution in [0.4, 0.5) is 5.69 Å². The molecule has 0 aliphatic rings. The molecule has 20 heavy (non-hydrogen) atoms. The van der Waals surface area contributed by atoms with E-state index in [4.69, 9.17) is 0 Å². The zero-order valence-corrected chi connectivity index (χ0v) is 14.2. The molecule has 1 atom stereocenters. The molecule has 0 bridgehead atoms. The predicted octanol–water partition coefficient (Wildman–Crippen LogP) is 6.41. The highest BCUT2D eigenvalue weighted by molar-refractivity contribution is 9.11. The highest BCUT2D eigenvalue weighted by atomic mass is 79.9. The summed E-state index contributed by atoms with van der Waals surface area (Å²) in [5.41, 5.74) is 2.46. The van der Waals surface area contributed by atoms with E-state index in [2.05, 4.69) is 82.1 Å². The molecule has 0 radical (unpaired) electrons. The Kier molecular flexibility index (Phi) is 4.24. The van der Waals surface area contributed by atoms with E-state index in [0.717, 1.165) is 0 Å². The van der Waals surface area contributed by atoms with E-state index >= 15 is 0 Å². The Morgan fingerprint density at radius 1 is 1.05 bits per heavy atom. The minimum absolute atomic E-state index is 0.299. The maximum absolute atomic E-state index is 3.62. The number of thiophene rings is 2. The topological polar surface area (TPSA) is 12.0 Å². The van der Waals surface area contributed by atoms with Gasteiger partial charge in [0.05, 0.1) is 9.83 Å². The number of anilines is 1. The van der Waals surface area contributed by atoms with Crippen LogP contribution in [0, 0.1) is 0 Å². The van der Waals surface area contributed by atoms with Crippen molar-refractivity contribution in [2.24, 2.45) is 0 Å². The van der Waals surface area contributed by atoms with Crippen LogP contribution in [-0.4, -0.2) is 0 Å². The second kappa shape index (κ2) is 6.12. The molecular formula is C16H14BrNS2. The molecule has 102 valence electrons. The van der Waals surface area contributed by atoms with E-state index in [9.17, 15) is 0 Å². The van der Waals surface area contributed by atoms with Crippen molar-refractivity contribution in [3.8, 4) is 10.4 Å². The minimum atomic E-state index is 0.299. The zero-order valence-electron chi connectivity index (χ0n) is 11.0. The molecule has 1 aromatic carbocycles. The molecule has 2 aromatic heterocycles. The summed E-state index contributed by atoms with van der Waals surface area (Å²) in [4.78, 5) is 2.63. The van der Waals surface area contributed by atoms with Crippen LogP contribution < -0.4 is 5.32 Å².